The average Bonchev–Trinajstić information content (AvgIpc) is 2.97. The first-order valence-electron chi connectivity index (χ1n) is 13.1. The van der Waals surface area contributed by atoms with E-state index < -0.39 is 124 Å². The summed E-state index contributed by atoms with van der Waals surface area (Å²) in [5.74, 6) is -8.11. The molecule has 0 spiro atoms. The number of aliphatic hydroxyl groups is 8. The lowest BCUT2D eigenvalue weighted by Crippen LogP contribution is -2.63. The molecule has 2 saturated heterocycles. The summed E-state index contributed by atoms with van der Waals surface area (Å²) >= 11 is 0. The van der Waals surface area contributed by atoms with E-state index in [1.165, 1.54) is 13.0 Å². The summed E-state index contributed by atoms with van der Waals surface area (Å²) < 4.78 is 22.0. The van der Waals surface area contributed by atoms with Gasteiger partial charge in [0.1, 0.15) is 65.2 Å². The molecule has 0 radical (unpaired) electrons. The van der Waals surface area contributed by atoms with Gasteiger partial charge in [0.15, 0.2) is 17.3 Å². The monoisotopic (exact) mass is 626 g/mol. The Labute approximate surface area is 245 Å². The van der Waals surface area contributed by atoms with Crippen molar-refractivity contribution >= 4 is 11.0 Å². The summed E-state index contributed by atoms with van der Waals surface area (Å²) in [6.07, 6.45) is -16.5. The Balaban J connectivity index is 1.75. The molecule has 240 valence electrons. The number of aromatic hydroxyl groups is 4. The van der Waals surface area contributed by atoms with Crippen molar-refractivity contribution in [1.82, 2.24) is 0 Å². The lowest BCUT2D eigenvalue weighted by molar-refractivity contribution is -0.358. The van der Waals surface area contributed by atoms with E-state index in [1.807, 2.05) is 0 Å². The van der Waals surface area contributed by atoms with Gasteiger partial charge in [-0.3, -0.25) is 4.79 Å². The second kappa shape index (κ2) is 11.3. The molecule has 2 aromatic carbocycles. The first-order chi connectivity index (χ1) is 20.6. The Morgan fingerprint density at radius 2 is 1.55 bits per heavy atom. The van der Waals surface area contributed by atoms with Gasteiger partial charge in [-0.1, -0.05) is 0 Å². The van der Waals surface area contributed by atoms with Crippen molar-refractivity contribution in [3.8, 4) is 40.1 Å². The molecule has 2 fully saturated rings. The normalized spacial score (nSPS) is 34.2. The van der Waals surface area contributed by atoms with E-state index >= 15 is 0 Å². The van der Waals surface area contributed by atoms with Crippen LogP contribution in [0.5, 0.6) is 28.7 Å². The number of aliphatic hydroxyl groups excluding tert-OH is 7. The number of phenols is 4. The number of hydrogen-bond acceptors (Lipinski definition) is 17. The summed E-state index contributed by atoms with van der Waals surface area (Å²) in [5.41, 5.74) is -3.05. The van der Waals surface area contributed by atoms with Crippen molar-refractivity contribution in [2.45, 2.75) is 67.8 Å². The largest absolute Gasteiger partial charge is 0.507 e. The van der Waals surface area contributed by atoms with Crippen LogP contribution in [-0.4, -0.2) is 123 Å². The molecule has 12 N–H and O–H groups in total. The number of ether oxygens (including phenoxy) is 3. The lowest BCUT2D eigenvalue weighted by atomic mass is 9.86. The molecule has 0 saturated carbocycles. The van der Waals surface area contributed by atoms with Crippen LogP contribution in [0.15, 0.2) is 33.5 Å². The van der Waals surface area contributed by atoms with Gasteiger partial charge in [-0.2, -0.15) is 0 Å². The van der Waals surface area contributed by atoms with Crippen LogP contribution in [0.3, 0.4) is 0 Å². The molecule has 3 aromatic rings. The van der Waals surface area contributed by atoms with Crippen LogP contribution >= 0.6 is 0 Å². The molecule has 0 amide bonds. The molecule has 3 heterocycles. The third-order valence-electron chi connectivity index (χ3n) is 7.70. The van der Waals surface area contributed by atoms with Gasteiger partial charge in [0, 0.05) is 11.6 Å². The Kier molecular flexibility index (Phi) is 8.14. The number of rotatable bonds is 5. The highest BCUT2D eigenvalue weighted by molar-refractivity contribution is 5.90. The summed E-state index contributed by atoms with van der Waals surface area (Å²) in [6.45, 7) is 0.341. The molecular weight excluding hydrogens is 596 g/mol. The number of phenolic OH excluding ortho intramolecular Hbond substituents is 4. The van der Waals surface area contributed by atoms with Gasteiger partial charge < -0.3 is 79.9 Å². The highest BCUT2D eigenvalue weighted by Crippen LogP contribution is 2.48. The van der Waals surface area contributed by atoms with Crippen LogP contribution in [0.25, 0.3) is 22.3 Å². The molecule has 44 heavy (non-hydrogen) atoms. The minimum atomic E-state index is -3.22. The van der Waals surface area contributed by atoms with Gasteiger partial charge in [0.05, 0.1) is 18.3 Å². The molecule has 2 aliphatic rings. The van der Waals surface area contributed by atoms with Gasteiger partial charge in [0.25, 0.3) is 0 Å². The Hall–Kier alpha value is -3.75. The SMILES string of the molecule is C[C@@H]1O[C@@H](Oc2c(-c3ccc(O)c(O)c3)oc3cc(O)c(C4(O)O[C@H](CO)[C@@H](O)[C@H](O)[C@H]4O)c(O)c3c2=O)[C@H](O)[C@H](O)[C@H]1O. The second-order valence-electron chi connectivity index (χ2n) is 10.5. The van der Waals surface area contributed by atoms with E-state index in [1.54, 1.807) is 0 Å². The minimum absolute atomic E-state index is 0.121. The van der Waals surface area contributed by atoms with Crippen molar-refractivity contribution in [3.63, 3.8) is 0 Å². The molecule has 1 unspecified atom stereocenters. The predicted molar refractivity (Wildman–Crippen MR) is 141 cm³/mol. The summed E-state index contributed by atoms with van der Waals surface area (Å²) in [5, 5.41) is 124. The molecule has 5 rings (SSSR count). The van der Waals surface area contributed by atoms with Crippen molar-refractivity contribution in [2.75, 3.05) is 6.61 Å². The van der Waals surface area contributed by atoms with E-state index in [2.05, 4.69) is 0 Å². The third-order valence-corrected chi connectivity index (χ3v) is 7.70. The molecule has 0 bridgehead atoms. The fraction of sp³-hybridized carbons (Fsp3) is 0.444. The van der Waals surface area contributed by atoms with E-state index in [0.717, 1.165) is 12.1 Å². The van der Waals surface area contributed by atoms with E-state index in [9.17, 15) is 66.1 Å². The summed E-state index contributed by atoms with van der Waals surface area (Å²) in [6, 6.07) is 3.87. The van der Waals surface area contributed by atoms with Gasteiger partial charge in [-0.15, -0.1) is 0 Å². The van der Waals surface area contributed by atoms with Gasteiger partial charge in [-0.05, 0) is 25.1 Å². The number of benzene rings is 2. The van der Waals surface area contributed by atoms with E-state index in [4.69, 9.17) is 18.6 Å². The first kappa shape index (κ1) is 31.7. The summed E-state index contributed by atoms with van der Waals surface area (Å²) in [7, 11) is 0. The standard InChI is InChI=1S/C27H30O17/c1-7-16(32)20(36)22(38)26(41-7)43-24-19(35)14-12(42-23(24)8-2-3-9(29)10(30)4-8)5-11(31)15(18(14)34)27(40)25(39)21(37)17(33)13(6-28)44-27/h2-5,7,13,16-17,20-22,25-26,28-34,36-40H,6H2,1H3/t7-,13+,16-,17+,20+,21-,22+,25+,26-,27?/m0/s1. The molecular formula is C27H30O17. The van der Waals surface area contributed by atoms with Gasteiger partial charge in [-0.25, -0.2) is 0 Å². The van der Waals surface area contributed by atoms with Gasteiger partial charge >= 0.3 is 0 Å². The highest BCUT2D eigenvalue weighted by Gasteiger charge is 2.56. The fourth-order valence-electron chi connectivity index (χ4n) is 5.21. The van der Waals surface area contributed by atoms with Crippen LogP contribution in [0.1, 0.15) is 12.5 Å². The first-order valence-corrected chi connectivity index (χ1v) is 13.1. The zero-order valence-electron chi connectivity index (χ0n) is 22.6. The van der Waals surface area contributed by atoms with Crippen LogP contribution in [0.2, 0.25) is 0 Å². The van der Waals surface area contributed by atoms with Crippen molar-refractivity contribution < 1.29 is 79.9 Å². The number of fused-ring (bicyclic) bond motifs is 1. The highest BCUT2D eigenvalue weighted by atomic mass is 16.7. The second-order valence-corrected chi connectivity index (χ2v) is 10.5. The Bertz CT molecular complexity index is 1620. The molecule has 2 aliphatic heterocycles. The van der Waals surface area contributed by atoms with Crippen molar-refractivity contribution in [1.29, 1.82) is 0 Å². The molecule has 10 atom stereocenters. The lowest BCUT2D eigenvalue weighted by Gasteiger charge is -2.45. The maximum absolute atomic E-state index is 14.0. The van der Waals surface area contributed by atoms with Crippen LogP contribution in [-0.2, 0) is 15.3 Å². The van der Waals surface area contributed by atoms with Crippen molar-refractivity contribution in [3.05, 3.63) is 40.1 Å². The molecule has 1 aromatic heterocycles. The van der Waals surface area contributed by atoms with E-state index in [0.29, 0.717) is 6.07 Å². The van der Waals surface area contributed by atoms with Crippen molar-refractivity contribution in [2.24, 2.45) is 0 Å². The maximum Gasteiger partial charge on any atom is 0.239 e. The van der Waals surface area contributed by atoms with E-state index in [-0.39, 0.29) is 5.56 Å². The topological polar surface area (TPSA) is 301 Å². The predicted octanol–water partition coefficient (Wildman–Crippen LogP) is -2.89. The Morgan fingerprint density at radius 3 is 2.18 bits per heavy atom. The zero-order valence-corrected chi connectivity index (χ0v) is 22.6. The molecule has 17 heteroatoms. The van der Waals surface area contributed by atoms with Gasteiger partial charge in [0.2, 0.25) is 23.3 Å². The maximum atomic E-state index is 14.0. The quantitative estimate of drug-likeness (QED) is 0.126. The third kappa shape index (κ3) is 4.88. The molecule has 17 nitrogen and oxygen atoms in total. The number of hydrogen-bond donors (Lipinski definition) is 12. The van der Waals surface area contributed by atoms with Crippen LogP contribution in [0, 0.1) is 0 Å². The Morgan fingerprint density at radius 1 is 0.864 bits per heavy atom. The van der Waals surface area contributed by atoms with Crippen LogP contribution in [0.4, 0.5) is 0 Å². The minimum Gasteiger partial charge on any atom is -0.507 e. The zero-order chi connectivity index (χ0) is 32.4. The summed E-state index contributed by atoms with van der Waals surface area (Å²) in [4.78, 5) is 14.0. The average molecular weight is 627 g/mol. The fourth-order valence-corrected chi connectivity index (χ4v) is 5.21. The molecule has 0 aliphatic carbocycles. The van der Waals surface area contributed by atoms with Crippen LogP contribution < -0.4 is 10.2 Å². The smallest absolute Gasteiger partial charge is 0.239 e.